The third kappa shape index (κ3) is 5.87. The van der Waals surface area contributed by atoms with Gasteiger partial charge in [0.15, 0.2) is 5.82 Å². The minimum Gasteiger partial charge on any atom is -0.282 e. The van der Waals surface area contributed by atoms with Crippen molar-refractivity contribution in [1.82, 2.24) is 39.6 Å². The molecule has 0 saturated heterocycles. The summed E-state index contributed by atoms with van der Waals surface area (Å²) in [6.07, 6.45) is 9.91. The molecule has 0 bridgehead atoms. The number of pyridine rings is 2. The van der Waals surface area contributed by atoms with Crippen molar-refractivity contribution in [2.24, 2.45) is 7.05 Å². The summed E-state index contributed by atoms with van der Waals surface area (Å²) in [6, 6.07) is 19.7. The molecule has 13 heteroatoms. The highest BCUT2D eigenvalue weighted by Gasteiger charge is 2.14. The third-order valence-corrected chi connectivity index (χ3v) is 7.97. The van der Waals surface area contributed by atoms with E-state index in [0.717, 1.165) is 48.9 Å². The molecule has 0 aliphatic carbocycles. The van der Waals surface area contributed by atoms with Gasteiger partial charge in [0.25, 0.3) is 10.1 Å². The van der Waals surface area contributed by atoms with E-state index in [0.29, 0.717) is 6.42 Å². The van der Waals surface area contributed by atoms with Gasteiger partial charge in [0, 0.05) is 60.3 Å². The molecule has 0 aliphatic heterocycles. The first-order chi connectivity index (χ1) is 19.8. The van der Waals surface area contributed by atoms with Gasteiger partial charge in [-0.15, -0.1) is 10.2 Å². The van der Waals surface area contributed by atoms with Crippen LogP contribution in [-0.2, 0) is 23.6 Å². The molecule has 204 valence electrons. The molecular weight excluding hydrogens is 560 g/mol. The molecule has 0 spiro atoms. The van der Waals surface area contributed by atoms with E-state index >= 15 is 0 Å². The van der Waals surface area contributed by atoms with Gasteiger partial charge in [-0.2, -0.15) is 23.1 Å². The molecule has 11 nitrogen and oxygen atoms in total. The number of hydrogen-bond donors (Lipinski definition) is 1. The molecule has 1 N–H and O–H groups in total. The third-order valence-electron chi connectivity index (χ3n) is 6.15. The average molecular weight is 583 g/mol. The van der Waals surface area contributed by atoms with E-state index in [1.165, 1.54) is 23.5 Å². The van der Waals surface area contributed by atoms with E-state index in [4.69, 9.17) is 9.65 Å². The predicted molar refractivity (Wildman–Crippen MR) is 155 cm³/mol. The first kappa shape index (κ1) is 26.4. The Bertz CT molecular complexity index is 2070. The maximum Gasteiger partial charge on any atom is 0.294 e. The van der Waals surface area contributed by atoms with E-state index in [2.05, 4.69) is 43.5 Å². The molecule has 0 amide bonds. The lowest BCUT2D eigenvalue weighted by molar-refractivity contribution is 0.483. The molecule has 5 heterocycles. The summed E-state index contributed by atoms with van der Waals surface area (Å²) in [5, 5.41) is 19.6. The van der Waals surface area contributed by atoms with Gasteiger partial charge in [-0.05, 0) is 48.0 Å². The van der Waals surface area contributed by atoms with E-state index in [-0.39, 0.29) is 4.90 Å². The number of hydrogen-bond acceptors (Lipinski definition) is 9. The lowest BCUT2D eigenvalue weighted by Gasteiger charge is -2.04. The maximum atomic E-state index is 10.4. The largest absolute Gasteiger partial charge is 0.294 e. The van der Waals surface area contributed by atoms with Crippen LogP contribution < -0.4 is 0 Å². The molecule has 41 heavy (non-hydrogen) atoms. The summed E-state index contributed by atoms with van der Waals surface area (Å²) >= 11 is 1.51. The lowest BCUT2D eigenvalue weighted by Crippen LogP contribution is -1.98. The van der Waals surface area contributed by atoms with Gasteiger partial charge in [-0.25, -0.2) is 0 Å². The summed E-state index contributed by atoms with van der Waals surface area (Å²) in [6.45, 7) is 0. The molecule has 7 rings (SSSR count). The fourth-order valence-corrected chi connectivity index (χ4v) is 5.52. The average Bonchev–Trinajstić information content (AvgIpc) is 3.71. The zero-order valence-corrected chi connectivity index (χ0v) is 23.2. The highest BCUT2D eigenvalue weighted by molar-refractivity contribution is 7.85. The second kappa shape index (κ2) is 11.0. The fraction of sp³-hybridized carbons (Fsp3) is 0.0714. The smallest absolute Gasteiger partial charge is 0.282 e. The Morgan fingerprint density at radius 2 is 1.76 bits per heavy atom. The summed E-state index contributed by atoms with van der Waals surface area (Å²) < 4.78 is 32.9. The SMILES string of the molecule is Cn1cc(-c2cnc3ccc(Cc4nnc5sc(-c6cccnc6)nn45)cc3c2)cn1.O=S(=O)(O)c1ccccc1. The summed E-state index contributed by atoms with van der Waals surface area (Å²) in [4.78, 5) is 9.48. The number of fused-ring (bicyclic) bond motifs is 2. The van der Waals surface area contributed by atoms with Crippen LogP contribution in [0.2, 0.25) is 0 Å². The van der Waals surface area contributed by atoms with Gasteiger partial charge in [0.05, 0.1) is 16.6 Å². The minimum atomic E-state index is -4.00. The van der Waals surface area contributed by atoms with E-state index < -0.39 is 10.1 Å². The highest BCUT2D eigenvalue weighted by atomic mass is 32.2. The Hall–Kier alpha value is -4.85. The zero-order valence-electron chi connectivity index (χ0n) is 21.6. The highest BCUT2D eigenvalue weighted by Crippen LogP contribution is 2.26. The molecule has 5 aromatic heterocycles. The van der Waals surface area contributed by atoms with Crippen molar-refractivity contribution in [3.63, 3.8) is 0 Å². The lowest BCUT2D eigenvalue weighted by atomic mass is 10.0. The van der Waals surface area contributed by atoms with Gasteiger partial charge < -0.3 is 0 Å². The van der Waals surface area contributed by atoms with Gasteiger partial charge in [0.1, 0.15) is 5.01 Å². The van der Waals surface area contributed by atoms with Crippen molar-refractivity contribution >= 4 is 37.3 Å². The van der Waals surface area contributed by atoms with Crippen molar-refractivity contribution in [2.45, 2.75) is 11.3 Å². The monoisotopic (exact) mass is 582 g/mol. The zero-order chi connectivity index (χ0) is 28.4. The van der Waals surface area contributed by atoms with Crippen molar-refractivity contribution in [3.8, 4) is 21.7 Å². The summed E-state index contributed by atoms with van der Waals surface area (Å²) in [7, 11) is -2.09. The Labute approximate surface area is 238 Å². The van der Waals surface area contributed by atoms with Crippen molar-refractivity contribution in [2.75, 3.05) is 0 Å². The second-order valence-electron chi connectivity index (χ2n) is 9.08. The van der Waals surface area contributed by atoms with Crippen LogP contribution in [0.5, 0.6) is 0 Å². The minimum absolute atomic E-state index is 0.0741. The van der Waals surface area contributed by atoms with Crippen LogP contribution in [0.1, 0.15) is 11.4 Å². The van der Waals surface area contributed by atoms with Crippen LogP contribution in [0.25, 0.3) is 37.6 Å². The maximum absolute atomic E-state index is 10.4. The van der Waals surface area contributed by atoms with Gasteiger partial charge in [0.2, 0.25) is 4.96 Å². The number of benzene rings is 2. The van der Waals surface area contributed by atoms with Crippen LogP contribution in [0, 0.1) is 0 Å². The van der Waals surface area contributed by atoms with Crippen LogP contribution in [0.4, 0.5) is 0 Å². The van der Waals surface area contributed by atoms with E-state index in [1.807, 2.05) is 54.5 Å². The first-order valence-corrected chi connectivity index (χ1v) is 14.6. The van der Waals surface area contributed by atoms with Crippen molar-refractivity contribution in [3.05, 3.63) is 109 Å². The van der Waals surface area contributed by atoms with Gasteiger partial charge in [-0.1, -0.05) is 35.6 Å². The Balaban J connectivity index is 0.000000258. The Morgan fingerprint density at radius 1 is 0.902 bits per heavy atom. The molecule has 0 radical (unpaired) electrons. The van der Waals surface area contributed by atoms with Crippen molar-refractivity contribution in [1.29, 1.82) is 0 Å². The number of rotatable bonds is 5. The topological polar surface area (TPSA) is 141 Å². The van der Waals surface area contributed by atoms with Crippen LogP contribution in [-0.4, -0.2) is 52.5 Å². The quantitative estimate of drug-likeness (QED) is 0.285. The van der Waals surface area contributed by atoms with Crippen LogP contribution >= 0.6 is 11.3 Å². The normalized spacial score (nSPS) is 11.5. The first-order valence-electron chi connectivity index (χ1n) is 12.4. The molecule has 7 aromatic rings. The molecule has 0 aliphatic rings. The Morgan fingerprint density at radius 3 is 2.46 bits per heavy atom. The summed E-state index contributed by atoms with van der Waals surface area (Å²) in [5.41, 5.74) is 5.15. The van der Waals surface area contributed by atoms with Gasteiger partial charge >= 0.3 is 0 Å². The Kier molecular flexibility index (Phi) is 7.05. The standard InChI is InChI=1S/C22H16N8S.C6H6O3S/c1-29-13-18(12-25-29)17-9-16-7-14(4-5-19(16)24-11-17)8-20-26-27-22-30(20)28-21(31-22)15-3-2-6-23-10-15;7-10(8,9)6-4-2-1-3-5-6/h2-7,9-13H,8H2,1H3;1-5H,(H,7,8,9). The second-order valence-corrected chi connectivity index (χ2v) is 11.5. The molecule has 0 unspecified atom stereocenters. The predicted octanol–water partition coefficient (Wildman–Crippen LogP) is 4.72. The van der Waals surface area contributed by atoms with E-state index in [1.54, 1.807) is 29.1 Å². The molecule has 0 atom stereocenters. The molecule has 0 fully saturated rings. The number of aryl methyl sites for hydroxylation is 1. The van der Waals surface area contributed by atoms with Crippen molar-refractivity contribution < 1.29 is 13.0 Å². The van der Waals surface area contributed by atoms with Gasteiger partial charge in [-0.3, -0.25) is 19.2 Å². The fourth-order valence-electron chi connectivity index (χ4n) is 4.17. The van der Waals surface area contributed by atoms with Crippen LogP contribution in [0.15, 0.2) is 103 Å². The molecular formula is C28H22N8O3S2. The molecule has 2 aromatic carbocycles. The summed E-state index contributed by atoms with van der Waals surface area (Å²) in [5.74, 6) is 0.803. The van der Waals surface area contributed by atoms with E-state index in [9.17, 15) is 8.42 Å². The number of aromatic nitrogens is 8. The molecule has 0 saturated carbocycles. The number of nitrogens with zero attached hydrogens (tertiary/aromatic N) is 8. The van der Waals surface area contributed by atoms with Crippen LogP contribution in [0.3, 0.4) is 0 Å².